The largest absolute Gasteiger partial charge is 0.505 e. The molecule has 2 N–H and O–H groups in total. The average molecular weight is 413 g/mol. The van der Waals surface area contributed by atoms with E-state index in [1.54, 1.807) is 0 Å². The maximum atomic E-state index is 11.6. The van der Waals surface area contributed by atoms with Crippen LogP contribution < -0.4 is 5.32 Å². The van der Waals surface area contributed by atoms with E-state index in [0.717, 1.165) is 24.3 Å². The lowest BCUT2D eigenvalue weighted by Gasteiger charge is -2.35. The van der Waals surface area contributed by atoms with Gasteiger partial charge in [-0.15, -0.1) is 0 Å². The molecule has 0 radical (unpaired) electrons. The van der Waals surface area contributed by atoms with E-state index in [2.05, 4.69) is 16.3 Å². The Morgan fingerprint density at radius 3 is 2.20 bits per heavy atom. The average Bonchev–Trinajstić information content (AvgIpc) is 3.14. The first-order valence-electron chi connectivity index (χ1n) is 12.5. The Morgan fingerprint density at radius 2 is 1.57 bits per heavy atom. The van der Waals surface area contributed by atoms with Crippen molar-refractivity contribution in [2.45, 2.75) is 95.8 Å². The Labute approximate surface area is 182 Å². The molecule has 0 atom stereocenters. The zero-order valence-corrected chi connectivity index (χ0v) is 18.8. The highest BCUT2D eigenvalue weighted by molar-refractivity contribution is 5.90. The number of piperidine rings is 1. The Hall–Kier alpha value is -1.55. The second-order valence-electron chi connectivity index (χ2n) is 10.1. The number of anilines is 1. The van der Waals surface area contributed by atoms with Crippen molar-refractivity contribution in [1.82, 2.24) is 4.90 Å². The summed E-state index contributed by atoms with van der Waals surface area (Å²) >= 11 is 0. The van der Waals surface area contributed by atoms with Gasteiger partial charge in [0.1, 0.15) is 5.75 Å². The van der Waals surface area contributed by atoms with Gasteiger partial charge in [-0.25, -0.2) is 0 Å². The van der Waals surface area contributed by atoms with Crippen molar-refractivity contribution < 1.29 is 9.90 Å². The summed E-state index contributed by atoms with van der Waals surface area (Å²) in [6.45, 7) is 5.15. The fourth-order valence-electron chi connectivity index (χ4n) is 6.25. The number of likely N-dealkylation sites (tertiary alicyclic amines) is 1. The van der Waals surface area contributed by atoms with Gasteiger partial charge >= 0.3 is 0 Å². The number of nitrogens with zero attached hydrogens (tertiary/aromatic N) is 1. The molecule has 1 heterocycles. The molecule has 1 aromatic carbocycles. The van der Waals surface area contributed by atoms with Crippen molar-refractivity contribution in [1.29, 1.82) is 0 Å². The van der Waals surface area contributed by atoms with Crippen molar-refractivity contribution >= 4 is 11.6 Å². The van der Waals surface area contributed by atoms with Gasteiger partial charge in [0.15, 0.2) is 0 Å². The number of carbonyl (C=O) groups is 1. The second kappa shape index (κ2) is 10.2. The Morgan fingerprint density at radius 1 is 0.933 bits per heavy atom. The van der Waals surface area contributed by atoms with Crippen LogP contribution in [0, 0.1) is 5.92 Å². The zero-order chi connectivity index (χ0) is 20.9. The molecule has 0 aromatic heterocycles. The molecule has 1 aliphatic heterocycles. The normalized spacial score (nSPS) is 22.8. The fraction of sp³-hybridized carbons (Fsp3) is 0.731. The summed E-state index contributed by atoms with van der Waals surface area (Å²) in [6.07, 6.45) is 15.7. The Balaban J connectivity index is 1.45. The molecule has 4 rings (SSSR count). The van der Waals surface area contributed by atoms with Gasteiger partial charge in [0.25, 0.3) is 0 Å². The number of benzene rings is 1. The van der Waals surface area contributed by atoms with Gasteiger partial charge in [0.2, 0.25) is 5.91 Å². The molecule has 2 aliphatic carbocycles. The quantitative estimate of drug-likeness (QED) is 0.450. The molecule has 1 aromatic rings. The highest BCUT2D eigenvalue weighted by Crippen LogP contribution is 2.47. The standard InChI is InChI=1S/C26H40N2O2/c1-19(29)27-24-13-12-23(25(26(24)30)22-10-6-7-11-22)21-14-16-28(17-15-21)18-20-8-4-2-3-5-9-20/h12-13,20-22,30H,2-11,14-18H2,1H3,(H,27,29). The maximum Gasteiger partial charge on any atom is 0.221 e. The summed E-state index contributed by atoms with van der Waals surface area (Å²) < 4.78 is 0. The van der Waals surface area contributed by atoms with Crippen LogP contribution in [0.3, 0.4) is 0 Å². The van der Waals surface area contributed by atoms with Gasteiger partial charge in [0.05, 0.1) is 5.69 Å². The van der Waals surface area contributed by atoms with Crippen molar-refractivity contribution in [3.63, 3.8) is 0 Å². The lowest BCUT2D eigenvalue weighted by atomic mass is 9.81. The van der Waals surface area contributed by atoms with Crippen LogP contribution in [0.15, 0.2) is 12.1 Å². The van der Waals surface area contributed by atoms with Crippen molar-refractivity contribution in [2.75, 3.05) is 25.0 Å². The van der Waals surface area contributed by atoms with E-state index in [-0.39, 0.29) is 5.91 Å². The van der Waals surface area contributed by atoms with E-state index in [9.17, 15) is 9.90 Å². The van der Waals surface area contributed by atoms with E-state index in [1.165, 1.54) is 96.3 Å². The predicted molar refractivity (Wildman–Crippen MR) is 123 cm³/mol. The number of carbonyl (C=O) groups excluding carboxylic acids is 1. The lowest BCUT2D eigenvalue weighted by Crippen LogP contribution is -2.36. The number of hydrogen-bond acceptors (Lipinski definition) is 3. The van der Waals surface area contributed by atoms with Crippen LogP contribution >= 0.6 is 0 Å². The molecule has 0 bridgehead atoms. The van der Waals surface area contributed by atoms with Gasteiger partial charge < -0.3 is 15.3 Å². The minimum atomic E-state index is -0.123. The first kappa shape index (κ1) is 21.7. The number of phenolic OH excluding ortho intramolecular Hbond substituents is 1. The van der Waals surface area contributed by atoms with Gasteiger partial charge in [-0.3, -0.25) is 4.79 Å². The number of aromatic hydroxyl groups is 1. The summed E-state index contributed by atoms with van der Waals surface area (Å²) in [5, 5.41) is 13.9. The topological polar surface area (TPSA) is 52.6 Å². The van der Waals surface area contributed by atoms with E-state index in [0.29, 0.717) is 23.3 Å². The number of amides is 1. The summed E-state index contributed by atoms with van der Waals surface area (Å²) in [6, 6.07) is 4.12. The number of hydrogen-bond donors (Lipinski definition) is 2. The highest BCUT2D eigenvalue weighted by Gasteiger charge is 2.30. The van der Waals surface area contributed by atoms with Crippen LogP contribution in [0.4, 0.5) is 5.69 Å². The zero-order valence-electron chi connectivity index (χ0n) is 18.8. The van der Waals surface area contributed by atoms with Crippen LogP contribution in [0.1, 0.15) is 107 Å². The molecule has 0 spiro atoms. The monoisotopic (exact) mass is 412 g/mol. The highest BCUT2D eigenvalue weighted by atomic mass is 16.3. The predicted octanol–water partition coefficient (Wildman–Crippen LogP) is 6.16. The Bertz CT molecular complexity index is 710. The summed E-state index contributed by atoms with van der Waals surface area (Å²) in [5.74, 6) is 2.08. The first-order chi connectivity index (χ1) is 14.6. The SMILES string of the molecule is CC(=O)Nc1ccc(C2CCN(CC3CCCCCC3)CC2)c(C2CCCC2)c1O. The summed E-state index contributed by atoms with van der Waals surface area (Å²) in [4.78, 5) is 14.3. The molecule has 3 fully saturated rings. The van der Waals surface area contributed by atoms with Crippen LogP contribution in [0.2, 0.25) is 0 Å². The van der Waals surface area contributed by atoms with Gasteiger partial charge in [-0.05, 0) is 81.0 Å². The molecule has 30 heavy (non-hydrogen) atoms. The van der Waals surface area contributed by atoms with Crippen LogP contribution in [0.25, 0.3) is 0 Å². The van der Waals surface area contributed by atoms with E-state index >= 15 is 0 Å². The molecule has 4 heteroatoms. The molecule has 166 valence electrons. The second-order valence-corrected chi connectivity index (χ2v) is 10.1. The lowest BCUT2D eigenvalue weighted by molar-refractivity contribution is -0.114. The van der Waals surface area contributed by atoms with Gasteiger partial charge in [-0.1, -0.05) is 44.6 Å². The van der Waals surface area contributed by atoms with Crippen LogP contribution in [-0.2, 0) is 4.79 Å². The molecule has 0 unspecified atom stereocenters. The van der Waals surface area contributed by atoms with Crippen molar-refractivity contribution in [3.05, 3.63) is 23.3 Å². The minimum Gasteiger partial charge on any atom is -0.505 e. The smallest absolute Gasteiger partial charge is 0.221 e. The molecular weight excluding hydrogens is 372 g/mol. The first-order valence-corrected chi connectivity index (χ1v) is 12.5. The van der Waals surface area contributed by atoms with Gasteiger partial charge in [-0.2, -0.15) is 0 Å². The number of phenols is 1. The summed E-state index contributed by atoms with van der Waals surface area (Å²) in [7, 11) is 0. The Kier molecular flexibility index (Phi) is 7.35. The number of rotatable bonds is 5. The molecule has 4 nitrogen and oxygen atoms in total. The van der Waals surface area contributed by atoms with E-state index in [1.807, 2.05) is 6.07 Å². The molecule has 3 aliphatic rings. The third-order valence-corrected chi connectivity index (χ3v) is 7.84. The van der Waals surface area contributed by atoms with Crippen LogP contribution in [0.5, 0.6) is 5.75 Å². The van der Waals surface area contributed by atoms with Crippen molar-refractivity contribution in [3.8, 4) is 5.75 Å². The fourth-order valence-corrected chi connectivity index (χ4v) is 6.25. The third-order valence-electron chi connectivity index (χ3n) is 7.84. The van der Waals surface area contributed by atoms with E-state index < -0.39 is 0 Å². The molecular formula is C26H40N2O2. The number of nitrogens with one attached hydrogen (secondary N) is 1. The third kappa shape index (κ3) is 5.19. The van der Waals surface area contributed by atoms with E-state index in [4.69, 9.17) is 0 Å². The van der Waals surface area contributed by atoms with Gasteiger partial charge in [0, 0.05) is 19.0 Å². The maximum absolute atomic E-state index is 11.6. The molecule has 1 amide bonds. The van der Waals surface area contributed by atoms with Crippen molar-refractivity contribution in [2.24, 2.45) is 5.92 Å². The summed E-state index contributed by atoms with van der Waals surface area (Å²) in [5.41, 5.74) is 3.07. The van der Waals surface area contributed by atoms with Crippen LogP contribution in [-0.4, -0.2) is 35.5 Å². The minimum absolute atomic E-state index is 0.123. The molecule has 2 saturated carbocycles. The molecule has 1 saturated heterocycles.